The van der Waals surface area contributed by atoms with Crippen molar-refractivity contribution in [3.8, 4) is 0 Å². The quantitative estimate of drug-likeness (QED) is 0.0195. The van der Waals surface area contributed by atoms with Crippen molar-refractivity contribution in [3.63, 3.8) is 0 Å². The van der Waals surface area contributed by atoms with Gasteiger partial charge in [0.15, 0.2) is 12.4 Å². The van der Waals surface area contributed by atoms with E-state index < -0.39 is 67.4 Å². The molecule has 11 heteroatoms. The van der Waals surface area contributed by atoms with E-state index in [1.165, 1.54) is 173 Å². The van der Waals surface area contributed by atoms with E-state index in [1.54, 1.807) is 6.08 Å². The Morgan fingerprint density at radius 1 is 0.476 bits per heavy atom. The van der Waals surface area contributed by atoms with Crippen LogP contribution in [0.4, 0.5) is 0 Å². The Bertz CT molecular complexity index is 1640. The summed E-state index contributed by atoms with van der Waals surface area (Å²) in [5.74, 6) is -1.21. The molecule has 0 radical (unpaired) electrons. The largest absolute Gasteiger partial charge is 0.454 e. The maximum absolute atomic E-state index is 13.5. The van der Waals surface area contributed by atoms with Crippen LogP contribution in [0, 0.1) is 0 Å². The van der Waals surface area contributed by atoms with Gasteiger partial charge in [0.05, 0.1) is 25.4 Å². The van der Waals surface area contributed by atoms with Gasteiger partial charge in [-0.2, -0.15) is 0 Å². The summed E-state index contributed by atoms with van der Waals surface area (Å²) in [7, 11) is 0. The second kappa shape index (κ2) is 60.4. The van der Waals surface area contributed by atoms with Gasteiger partial charge in [0.25, 0.3) is 0 Å². The lowest BCUT2D eigenvalue weighted by Crippen LogP contribution is -2.61. The van der Waals surface area contributed by atoms with Gasteiger partial charge in [0.2, 0.25) is 5.91 Å². The van der Waals surface area contributed by atoms with E-state index in [9.17, 15) is 35.1 Å². The molecule has 8 unspecified atom stereocenters. The van der Waals surface area contributed by atoms with Crippen molar-refractivity contribution in [2.45, 2.75) is 365 Å². The number of rotatable bonds is 60. The highest BCUT2D eigenvalue weighted by atomic mass is 16.7. The summed E-state index contributed by atoms with van der Waals surface area (Å²) in [4.78, 5) is 26.7. The molecule has 6 N–H and O–H groups in total. The zero-order valence-electron chi connectivity index (χ0n) is 54.3. The van der Waals surface area contributed by atoms with Gasteiger partial charge in [0, 0.05) is 6.42 Å². The van der Waals surface area contributed by atoms with Gasteiger partial charge in [-0.3, -0.25) is 9.59 Å². The van der Waals surface area contributed by atoms with Crippen molar-refractivity contribution in [3.05, 3.63) is 72.9 Å². The highest BCUT2D eigenvalue weighted by Crippen LogP contribution is 2.26. The normalized spacial score (nSPS) is 18.9. The van der Waals surface area contributed by atoms with Crippen LogP contribution in [0.3, 0.4) is 0 Å². The summed E-state index contributed by atoms with van der Waals surface area (Å²) >= 11 is 0. The number of allylic oxidation sites excluding steroid dienone is 11. The predicted octanol–water partition coefficient (Wildman–Crippen LogP) is 17.9. The fourth-order valence-corrected chi connectivity index (χ4v) is 10.9. The number of hydrogen-bond donors (Lipinski definition) is 6. The van der Waals surface area contributed by atoms with Crippen molar-refractivity contribution in [2.24, 2.45) is 0 Å². The summed E-state index contributed by atoms with van der Waals surface area (Å²) in [5.41, 5.74) is 0. The van der Waals surface area contributed by atoms with E-state index in [0.717, 1.165) is 96.3 Å². The molecular formula is C73H131NO10. The summed E-state index contributed by atoms with van der Waals surface area (Å²) in [6.07, 6.45) is 68.0. The minimum Gasteiger partial charge on any atom is -0.454 e. The molecule has 0 spiro atoms. The average Bonchev–Trinajstić information content (AvgIpc) is 3.52. The van der Waals surface area contributed by atoms with Crippen LogP contribution in [-0.2, 0) is 23.8 Å². The molecule has 488 valence electrons. The SMILES string of the molecule is CC/C=C\C/C=C\C/C=C\C/C=C\C/C=C\CCCCCCC(O)C(=O)NC(COC1OC(CO)C(O)C(O)C1OC(=O)CCCCCCCCCCCCCCCCCCCCCCCCC)C(O)/C=C/CCCCCCCCCCCC. The highest BCUT2D eigenvalue weighted by Gasteiger charge is 2.47. The third-order valence-electron chi connectivity index (χ3n) is 16.4. The highest BCUT2D eigenvalue weighted by molar-refractivity contribution is 5.80. The van der Waals surface area contributed by atoms with E-state index in [1.807, 2.05) is 6.08 Å². The number of nitrogens with one attached hydrogen (secondary N) is 1. The predicted molar refractivity (Wildman–Crippen MR) is 352 cm³/mol. The van der Waals surface area contributed by atoms with E-state index >= 15 is 0 Å². The van der Waals surface area contributed by atoms with Crippen LogP contribution in [0.1, 0.15) is 316 Å². The molecule has 84 heavy (non-hydrogen) atoms. The first-order valence-electron chi connectivity index (χ1n) is 35.2. The maximum Gasteiger partial charge on any atom is 0.306 e. The van der Waals surface area contributed by atoms with Crippen LogP contribution in [0.25, 0.3) is 0 Å². The molecular weight excluding hydrogens is 1050 g/mol. The minimum atomic E-state index is -1.62. The molecule has 1 heterocycles. The Kier molecular flexibility index (Phi) is 56.9. The van der Waals surface area contributed by atoms with Gasteiger partial charge in [-0.15, -0.1) is 0 Å². The Balaban J connectivity index is 2.59. The maximum atomic E-state index is 13.5. The standard InChI is InChI=1S/C73H131NO10/c1-4-7-10-13-16-19-22-25-27-29-31-33-34-35-37-39-41-43-46-49-52-55-58-61-68(78)84-71-70(80)69(79)67(62-75)83-73(71)82-63-64(65(76)59-56-53-50-47-44-24-21-18-15-12-9-6-3)74-72(81)66(77)60-57-54-51-48-45-42-40-38-36-32-30-28-26-23-20-17-14-11-8-5-2/h8,11,17,20,26,28,32,36,40,42,56,59,64-67,69-71,73,75-77,79-80H,4-7,9-10,12-16,18-19,21-25,27,29-31,33-35,37-39,41,43-55,57-58,60-63H2,1-3H3,(H,74,81)/b11-8-,20-17-,28-26-,36-32-,42-40-,59-56+. The fourth-order valence-electron chi connectivity index (χ4n) is 10.9. The number of aliphatic hydroxyl groups is 5. The van der Waals surface area contributed by atoms with Crippen LogP contribution in [0.2, 0.25) is 0 Å². The first-order valence-corrected chi connectivity index (χ1v) is 35.2. The van der Waals surface area contributed by atoms with Crippen molar-refractivity contribution >= 4 is 11.9 Å². The van der Waals surface area contributed by atoms with Crippen LogP contribution < -0.4 is 5.32 Å². The lowest BCUT2D eigenvalue weighted by atomic mass is 9.99. The molecule has 0 aromatic carbocycles. The van der Waals surface area contributed by atoms with E-state index in [4.69, 9.17) is 14.2 Å². The van der Waals surface area contributed by atoms with Crippen LogP contribution in [0.15, 0.2) is 72.9 Å². The molecule has 11 nitrogen and oxygen atoms in total. The van der Waals surface area contributed by atoms with Gasteiger partial charge >= 0.3 is 5.97 Å². The molecule has 1 amide bonds. The van der Waals surface area contributed by atoms with Gasteiger partial charge in [-0.05, 0) is 70.6 Å². The Hall–Kier alpha value is -2.90. The molecule has 1 aliphatic rings. The topological polar surface area (TPSA) is 175 Å². The number of carbonyl (C=O) groups excluding carboxylic acids is 2. The van der Waals surface area contributed by atoms with Gasteiger partial charge in [-0.25, -0.2) is 0 Å². The zero-order chi connectivity index (χ0) is 61.0. The molecule has 1 saturated heterocycles. The van der Waals surface area contributed by atoms with E-state index in [2.05, 4.69) is 86.8 Å². The lowest BCUT2D eigenvalue weighted by Gasteiger charge is -2.41. The number of unbranched alkanes of at least 4 members (excludes halogenated alkanes) is 36. The molecule has 8 atom stereocenters. The average molecular weight is 1180 g/mol. The molecule has 0 aliphatic carbocycles. The summed E-state index contributed by atoms with van der Waals surface area (Å²) in [6, 6.07) is -1.04. The van der Waals surface area contributed by atoms with Crippen molar-refractivity contribution in [2.75, 3.05) is 13.2 Å². The number of amides is 1. The number of esters is 1. The summed E-state index contributed by atoms with van der Waals surface area (Å²) in [6.45, 7) is 5.70. The molecule has 1 aliphatic heterocycles. The summed E-state index contributed by atoms with van der Waals surface area (Å²) < 4.78 is 17.7. The Morgan fingerprint density at radius 3 is 1.29 bits per heavy atom. The van der Waals surface area contributed by atoms with Crippen LogP contribution in [-0.4, -0.2) is 99.6 Å². The first-order chi connectivity index (χ1) is 41.2. The third-order valence-corrected chi connectivity index (χ3v) is 16.4. The molecule has 1 rings (SSSR count). The third kappa shape index (κ3) is 47.2. The van der Waals surface area contributed by atoms with Crippen molar-refractivity contribution in [1.29, 1.82) is 0 Å². The lowest BCUT2D eigenvalue weighted by molar-refractivity contribution is -0.305. The number of carbonyl (C=O) groups is 2. The second-order valence-electron chi connectivity index (χ2n) is 24.2. The number of hydrogen-bond acceptors (Lipinski definition) is 10. The smallest absolute Gasteiger partial charge is 0.306 e. The van der Waals surface area contributed by atoms with Crippen molar-refractivity contribution in [1.82, 2.24) is 5.32 Å². The molecule has 0 bridgehead atoms. The molecule has 0 aromatic rings. The Labute approximate surface area is 515 Å². The fraction of sp³-hybridized carbons (Fsp3) is 0.808. The zero-order valence-corrected chi connectivity index (χ0v) is 54.3. The van der Waals surface area contributed by atoms with E-state index in [0.29, 0.717) is 12.8 Å². The first kappa shape index (κ1) is 79.1. The minimum absolute atomic E-state index is 0.123. The number of aliphatic hydroxyl groups excluding tert-OH is 5. The molecule has 0 saturated carbocycles. The van der Waals surface area contributed by atoms with Crippen LogP contribution >= 0.6 is 0 Å². The summed E-state index contributed by atoms with van der Waals surface area (Å²) in [5, 5.41) is 57.2. The Morgan fingerprint density at radius 2 is 0.857 bits per heavy atom. The second-order valence-corrected chi connectivity index (χ2v) is 24.2. The monoisotopic (exact) mass is 1180 g/mol. The van der Waals surface area contributed by atoms with Crippen LogP contribution in [0.5, 0.6) is 0 Å². The molecule has 1 fully saturated rings. The van der Waals surface area contributed by atoms with Gasteiger partial charge in [0.1, 0.15) is 24.4 Å². The van der Waals surface area contributed by atoms with E-state index in [-0.39, 0.29) is 19.4 Å². The molecule has 0 aromatic heterocycles. The van der Waals surface area contributed by atoms with Crippen molar-refractivity contribution < 1.29 is 49.3 Å². The van der Waals surface area contributed by atoms with Gasteiger partial charge < -0.3 is 45.1 Å². The number of ether oxygens (including phenoxy) is 3. The van der Waals surface area contributed by atoms with Gasteiger partial charge in [-0.1, -0.05) is 312 Å².